The smallest absolute Gasteiger partial charge is 0.212 e. The Hall–Kier alpha value is -2.08. The standard InChI is InChI=1S/C11H12ClN5O/c1-18-8-3-2-7(4-14-8)5-15-11-9(12)10(13)16-6-17-11/h2-4,6H,5H2,1H3,(H3,13,15,16,17). The van der Waals surface area contributed by atoms with E-state index in [4.69, 9.17) is 22.1 Å². The van der Waals surface area contributed by atoms with Gasteiger partial charge in [-0.2, -0.15) is 0 Å². The number of anilines is 2. The van der Waals surface area contributed by atoms with Crippen molar-refractivity contribution in [2.24, 2.45) is 0 Å². The van der Waals surface area contributed by atoms with Crippen molar-refractivity contribution in [2.75, 3.05) is 18.2 Å². The lowest BCUT2D eigenvalue weighted by atomic mass is 10.3. The number of halogens is 1. The Morgan fingerprint density at radius 1 is 1.33 bits per heavy atom. The maximum atomic E-state index is 5.96. The van der Waals surface area contributed by atoms with Gasteiger partial charge in [-0.1, -0.05) is 17.7 Å². The van der Waals surface area contributed by atoms with E-state index in [-0.39, 0.29) is 5.82 Å². The van der Waals surface area contributed by atoms with Crippen molar-refractivity contribution >= 4 is 23.2 Å². The summed E-state index contributed by atoms with van der Waals surface area (Å²) in [6, 6.07) is 3.68. The molecule has 2 heterocycles. The van der Waals surface area contributed by atoms with E-state index < -0.39 is 0 Å². The Bertz CT molecular complexity index is 531. The summed E-state index contributed by atoms with van der Waals surface area (Å²) >= 11 is 5.96. The van der Waals surface area contributed by atoms with Gasteiger partial charge in [0.05, 0.1) is 7.11 Å². The maximum Gasteiger partial charge on any atom is 0.212 e. The van der Waals surface area contributed by atoms with E-state index in [1.807, 2.05) is 6.07 Å². The lowest BCUT2D eigenvalue weighted by Gasteiger charge is -2.08. The van der Waals surface area contributed by atoms with Crippen molar-refractivity contribution in [1.29, 1.82) is 0 Å². The summed E-state index contributed by atoms with van der Waals surface area (Å²) < 4.78 is 4.98. The number of pyridine rings is 1. The Kier molecular flexibility index (Phi) is 3.78. The first kappa shape index (κ1) is 12.4. The molecule has 6 nitrogen and oxygen atoms in total. The molecule has 0 aromatic carbocycles. The molecular weight excluding hydrogens is 254 g/mol. The molecule has 0 atom stereocenters. The van der Waals surface area contributed by atoms with Crippen LogP contribution in [0.5, 0.6) is 5.88 Å². The average molecular weight is 266 g/mol. The Morgan fingerprint density at radius 3 is 2.83 bits per heavy atom. The summed E-state index contributed by atoms with van der Waals surface area (Å²) in [5.41, 5.74) is 6.55. The number of nitrogens with zero attached hydrogens (tertiary/aromatic N) is 3. The predicted octanol–water partition coefficient (Wildman–Crippen LogP) is 1.73. The number of hydrogen-bond acceptors (Lipinski definition) is 6. The molecule has 18 heavy (non-hydrogen) atoms. The molecule has 2 aromatic heterocycles. The van der Waals surface area contributed by atoms with Gasteiger partial charge in [0, 0.05) is 18.8 Å². The van der Waals surface area contributed by atoms with Crippen LogP contribution in [0.25, 0.3) is 0 Å². The minimum absolute atomic E-state index is 0.252. The second-order valence-electron chi connectivity index (χ2n) is 3.48. The molecule has 0 fully saturated rings. The molecule has 2 aromatic rings. The largest absolute Gasteiger partial charge is 0.481 e. The van der Waals surface area contributed by atoms with E-state index in [1.54, 1.807) is 19.4 Å². The molecule has 7 heteroatoms. The second-order valence-corrected chi connectivity index (χ2v) is 3.86. The monoisotopic (exact) mass is 265 g/mol. The van der Waals surface area contributed by atoms with Crippen molar-refractivity contribution < 1.29 is 4.74 Å². The zero-order valence-corrected chi connectivity index (χ0v) is 10.5. The predicted molar refractivity (Wildman–Crippen MR) is 69.6 cm³/mol. The first-order chi connectivity index (χ1) is 8.70. The highest BCUT2D eigenvalue weighted by Crippen LogP contribution is 2.23. The number of nitrogens with two attached hydrogens (primary N) is 1. The molecule has 0 aliphatic heterocycles. The summed E-state index contributed by atoms with van der Waals surface area (Å²) in [6.07, 6.45) is 3.07. The molecule has 0 aliphatic rings. The van der Waals surface area contributed by atoms with Crippen LogP contribution in [0.15, 0.2) is 24.7 Å². The van der Waals surface area contributed by atoms with Crippen LogP contribution in [-0.4, -0.2) is 22.1 Å². The molecule has 0 unspecified atom stereocenters. The van der Waals surface area contributed by atoms with E-state index in [1.165, 1.54) is 6.33 Å². The third kappa shape index (κ3) is 2.78. The Balaban J connectivity index is 2.04. The zero-order chi connectivity index (χ0) is 13.0. The number of ether oxygens (including phenoxy) is 1. The Morgan fingerprint density at radius 2 is 2.17 bits per heavy atom. The number of nitrogen functional groups attached to an aromatic ring is 1. The average Bonchev–Trinajstić information content (AvgIpc) is 2.41. The van der Waals surface area contributed by atoms with Gasteiger partial charge in [-0.3, -0.25) is 0 Å². The number of aromatic nitrogens is 3. The highest BCUT2D eigenvalue weighted by Gasteiger charge is 2.05. The van der Waals surface area contributed by atoms with E-state index in [0.717, 1.165) is 5.56 Å². The minimum atomic E-state index is 0.252. The van der Waals surface area contributed by atoms with Gasteiger partial charge >= 0.3 is 0 Å². The van der Waals surface area contributed by atoms with Gasteiger partial charge < -0.3 is 15.8 Å². The number of rotatable bonds is 4. The van der Waals surface area contributed by atoms with Gasteiger partial charge in [0.15, 0.2) is 5.82 Å². The van der Waals surface area contributed by atoms with Crippen molar-refractivity contribution in [1.82, 2.24) is 15.0 Å². The van der Waals surface area contributed by atoms with Crippen LogP contribution < -0.4 is 15.8 Å². The van der Waals surface area contributed by atoms with Crippen LogP contribution in [0.1, 0.15) is 5.56 Å². The summed E-state index contributed by atoms with van der Waals surface area (Å²) in [5, 5.41) is 3.38. The third-order valence-corrected chi connectivity index (χ3v) is 2.66. The number of nitrogens with one attached hydrogen (secondary N) is 1. The van der Waals surface area contributed by atoms with Crippen LogP contribution in [0, 0.1) is 0 Å². The topological polar surface area (TPSA) is 86.0 Å². The van der Waals surface area contributed by atoms with E-state index in [9.17, 15) is 0 Å². The molecule has 0 aliphatic carbocycles. The SMILES string of the molecule is COc1ccc(CNc2ncnc(N)c2Cl)cn1. The first-order valence-electron chi connectivity index (χ1n) is 5.19. The van der Waals surface area contributed by atoms with E-state index in [0.29, 0.717) is 23.3 Å². The lowest BCUT2D eigenvalue weighted by molar-refractivity contribution is 0.397. The molecule has 0 spiro atoms. The van der Waals surface area contributed by atoms with Crippen LogP contribution in [0.3, 0.4) is 0 Å². The van der Waals surface area contributed by atoms with E-state index in [2.05, 4.69) is 20.3 Å². The zero-order valence-electron chi connectivity index (χ0n) is 9.72. The first-order valence-corrected chi connectivity index (χ1v) is 5.57. The summed E-state index contributed by atoms with van der Waals surface area (Å²) in [6.45, 7) is 0.535. The molecule has 0 saturated heterocycles. The van der Waals surface area contributed by atoms with Crippen molar-refractivity contribution in [3.05, 3.63) is 35.2 Å². The quantitative estimate of drug-likeness (QED) is 0.876. The maximum absolute atomic E-state index is 5.96. The molecule has 0 radical (unpaired) electrons. The fourth-order valence-corrected chi connectivity index (χ4v) is 1.49. The van der Waals surface area contributed by atoms with Gasteiger partial charge in [-0.05, 0) is 5.56 Å². The van der Waals surface area contributed by atoms with Crippen molar-refractivity contribution in [3.63, 3.8) is 0 Å². The molecule has 0 amide bonds. The van der Waals surface area contributed by atoms with Gasteiger partial charge in [-0.15, -0.1) is 0 Å². The highest BCUT2D eigenvalue weighted by molar-refractivity contribution is 6.35. The summed E-state index contributed by atoms with van der Waals surface area (Å²) in [7, 11) is 1.57. The summed E-state index contributed by atoms with van der Waals surface area (Å²) in [5.74, 6) is 1.32. The van der Waals surface area contributed by atoms with Crippen molar-refractivity contribution in [3.8, 4) is 5.88 Å². The number of hydrogen-bond donors (Lipinski definition) is 2. The normalized spacial score (nSPS) is 10.1. The molecule has 2 rings (SSSR count). The molecular formula is C11H12ClN5O. The van der Waals surface area contributed by atoms with Crippen molar-refractivity contribution in [2.45, 2.75) is 6.54 Å². The van der Waals surface area contributed by atoms with Gasteiger partial charge in [0.1, 0.15) is 17.2 Å². The lowest BCUT2D eigenvalue weighted by Crippen LogP contribution is -2.04. The third-order valence-electron chi connectivity index (χ3n) is 2.28. The van der Waals surface area contributed by atoms with Gasteiger partial charge in [-0.25, -0.2) is 15.0 Å². The Labute approximate surface area is 109 Å². The molecule has 3 N–H and O–H groups in total. The van der Waals surface area contributed by atoms with Gasteiger partial charge in [0.2, 0.25) is 5.88 Å². The van der Waals surface area contributed by atoms with Crippen LogP contribution in [-0.2, 0) is 6.54 Å². The fraction of sp³-hybridized carbons (Fsp3) is 0.182. The van der Waals surface area contributed by atoms with Gasteiger partial charge in [0.25, 0.3) is 0 Å². The fourth-order valence-electron chi connectivity index (χ4n) is 1.33. The minimum Gasteiger partial charge on any atom is -0.481 e. The second kappa shape index (κ2) is 5.50. The highest BCUT2D eigenvalue weighted by atomic mass is 35.5. The van der Waals surface area contributed by atoms with Crippen LogP contribution >= 0.6 is 11.6 Å². The number of methoxy groups -OCH3 is 1. The van der Waals surface area contributed by atoms with Crippen LogP contribution in [0.2, 0.25) is 5.02 Å². The van der Waals surface area contributed by atoms with Crippen LogP contribution in [0.4, 0.5) is 11.6 Å². The molecule has 0 saturated carbocycles. The molecule has 0 bridgehead atoms. The summed E-state index contributed by atoms with van der Waals surface area (Å²) in [4.78, 5) is 11.9. The van der Waals surface area contributed by atoms with E-state index >= 15 is 0 Å². The molecule has 94 valence electrons.